The fourth-order valence-electron chi connectivity index (χ4n) is 3.73. The van der Waals surface area contributed by atoms with Crippen molar-refractivity contribution >= 4 is 22.8 Å². The number of ether oxygens (including phenoxy) is 1. The first-order valence-corrected chi connectivity index (χ1v) is 7.98. The summed E-state index contributed by atoms with van der Waals surface area (Å²) < 4.78 is 8.24. The van der Waals surface area contributed by atoms with E-state index in [2.05, 4.69) is 15.0 Å². The number of fused-ring (bicyclic) bond motifs is 6. The highest BCUT2D eigenvalue weighted by atomic mass is 35.5. The summed E-state index contributed by atoms with van der Waals surface area (Å²) in [6, 6.07) is 7.98. The minimum absolute atomic E-state index is 0.0963. The van der Waals surface area contributed by atoms with Crippen LogP contribution in [-0.4, -0.2) is 31.2 Å². The number of benzene rings is 1. The Morgan fingerprint density at radius 3 is 2.62 bits per heavy atom. The minimum atomic E-state index is -0.764. The van der Waals surface area contributed by atoms with E-state index >= 15 is 0 Å². The molecule has 0 spiro atoms. The first kappa shape index (κ1) is 14.1. The Morgan fingerprint density at radius 2 is 1.83 bits per heavy atom. The number of aliphatic hydroxyl groups is 1. The standard InChI is InChI=1S/C17H13ClN4O2/c18-14-13-15(20-9-19-14)22(10-21-13)7-16-5-6-17(8-23,24-16)12-4-2-1-3-11(12)16/h1-6,9-10,23H,7-8H2. The Kier molecular flexibility index (Phi) is 2.72. The van der Waals surface area contributed by atoms with Crippen LogP contribution in [0.2, 0.25) is 5.15 Å². The van der Waals surface area contributed by atoms with Gasteiger partial charge in [-0.15, -0.1) is 0 Å². The third kappa shape index (κ3) is 1.65. The van der Waals surface area contributed by atoms with Crippen molar-refractivity contribution in [3.63, 3.8) is 0 Å². The van der Waals surface area contributed by atoms with Crippen molar-refractivity contribution in [3.05, 3.63) is 65.4 Å². The third-order valence-electron chi connectivity index (χ3n) is 4.82. The molecule has 5 rings (SSSR count). The van der Waals surface area contributed by atoms with Gasteiger partial charge in [0.05, 0.1) is 19.5 Å². The van der Waals surface area contributed by atoms with Gasteiger partial charge in [0, 0.05) is 0 Å². The maximum atomic E-state index is 9.91. The molecule has 0 fully saturated rings. The van der Waals surface area contributed by atoms with Crippen LogP contribution in [0.15, 0.2) is 49.1 Å². The molecule has 6 nitrogen and oxygen atoms in total. The minimum Gasteiger partial charge on any atom is -0.393 e. The van der Waals surface area contributed by atoms with Crippen molar-refractivity contribution in [1.82, 2.24) is 19.5 Å². The number of aromatic nitrogens is 4. The first-order valence-electron chi connectivity index (χ1n) is 7.60. The Bertz CT molecular complexity index is 1000. The van der Waals surface area contributed by atoms with Crippen molar-refractivity contribution in [2.24, 2.45) is 0 Å². The maximum Gasteiger partial charge on any atom is 0.164 e. The third-order valence-corrected chi connectivity index (χ3v) is 5.10. The molecule has 2 aliphatic rings. The lowest BCUT2D eigenvalue weighted by Crippen LogP contribution is -2.30. The second-order valence-electron chi connectivity index (χ2n) is 6.13. The highest BCUT2D eigenvalue weighted by molar-refractivity contribution is 6.33. The van der Waals surface area contributed by atoms with Crippen molar-refractivity contribution in [2.45, 2.75) is 17.7 Å². The topological polar surface area (TPSA) is 73.1 Å². The molecular formula is C17H13ClN4O2. The molecule has 2 unspecified atom stereocenters. The van der Waals surface area contributed by atoms with Crippen LogP contribution in [0.25, 0.3) is 11.2 Å². The second kappa shape index (κ2) is 4.63. The van der Waals surface area contributed by atoms with E-state index in [-0.39, 0.29) is 6.61 Å². The van der Waals surface area contributed by atoms with Gasteiger partial charge in [0.2, 0.25) is 0 Å². The van der Waals surface area contributed by atoms with E-state index in [0.29, 0.717) is 22.9 Å². The van der Waals surface area contributed by atoms with E-state index in [9.17, 15) is 5.11 Å². The van der Waals surface area contributed by atoms with E-state index in [1.807, 2.05) is 41.0 Å². The summed E-state index contributed by atoms with van der Waals surface area (Å²) in [4.78, 5) is 12.6. The van der Waals surface area contributed by atoms with Crippen LogP contribution in [0.1, 0.15) is 11.1 Å². The number of hydrogen-bond acceptors (Lipinski definition) is 5. The van der Waals surface area contributed by atoms with E-state index in [0.717, 1.165) is 11.1 Å². The first-order chi connectivity index (χ1) is 11.7. The van der Waals surface area contributed by atoms with Crippen molar-refractivity contribution < 1.29 is 9.84 Å². The molecule has 7 heteroatoms. The van der Waals surface area contributed by atoms with Crippen LogP contribution in [0.4, 0.5) is 0 Å². The largest absolute Gasteiger partial charge is 0.393 e. The summed E-state index contributed by atoms with van der Waals surface area (Å²) in [5.41, 5.74) is 1.88. The molecular weight excluding hydrogens is 328 g/mol. The number of imidazole rings is 1. The van der Waals surface area contributed by atoms with Crippen molar-refractivity contribution in [3.8, 4) is 0 Å². The van der Waals surface area contributed by atoms with Gasteiger partial charge in [0.25, 0.3) is 0 Å². The summed E-state index contributed by atoms with van der Waals surface area (Å²) in [6.07, 6.45) is 7.07. The number of halogens is 1. The van der Waals surface area contributed by atoms with E-state index in [1.165, 1.54) is 6.33 Å². The van der Waals surface area contributed by atoms with Crippen LogP contribution < -0.4 is 0 Å². The lowest BCUT2D eigenvalue weighted by molar-refractivity contribution is -0.101. The van der Waals surface area contributed by atoms with Gasteiger partial charge in [-0.05, 0) is 23.3 Å². The molecule has 2 atom stereocenters. The maximum absolute atomic E-state index is 9.91. The molecule has 0 saturated heterocycles. The molecule has 0 radical (unpaired) electrons. The predicted molar refractivity (Wildman–Crippen MR) is 87.4 cm³/mol. The number of hydrogen-bond donors (Lipinski definition) is 1. The lowest BCUT2D eigenvalue weighted by Gasteiger charge is -2.25. The second-order valence-corrected chi connectivity index (χ2v) is 6.49. The number of rotatable bonds is 3. The molecule has 0 amide bonds. The molecule has 3 aromatic rings. The van der Waals surface area contributed by atoms with Crippen LogP contribution in [-0.2, 0) is 22.5 Å². The summed E-state index contributed by atoms with van der Waals surface area (Å²) >= 11 is 6.08. The fraction of sp³-hybridized carbons (Fsp3) is 0.235. The van der Waals surface area contributed by atoms with E-state index in [4.69, 9.17) is 16.3 Å². The summed E-state index contributed by atoms with van der Waals surface area (Å²) in [6.45, 7) is 0.396. The quantitative estimate of drug-likeness (QED) is 0.584. The van der Waals surface area contributed by atoms with Crippen LogP contribution in [0.5, 0.6) is 0 Å². The van der Waals surface area contributed by atoms with Gasteiger partial charge in [-0.2, -0.15) is 0 Å². The van der Waals surface area contributed by atoms with Crippen molar-refractivity contribution in [2.75, 3.05) is 6.61 Å². The molecule has 2 aliphatic heterocycles. The molecule has 4 heterocycles. The molecule has 24 heavy (non-hydrogen) atoms. The smallest absolute Gasteiger partial charge is 0.164 e. The number of aliphatic hydroxyl groups excluding tert-OH is 1. The van der Waals surface area contributed by atoms with Gasteiger partial charge in [-0.1, -0.05) is 35.9 Å². The Hall–Kier alpha value is -2.28. The predicted octanol–water partition coefficient (Wildman–Crippen LogP) is 2.16. The monoisotopic (exact) mass is 340 g/mol. The molecule has 120 valence electrons. The fourth-order valence-corrected chi connectivity index (χ4v) is 3.91. The SMILES string of the molecule is OCC12C=CC(Cn3cnc4c(Cl)ncnc43)(O1)c1ccccc12. The summed E-state index contributed by atoms with van der Waals surface area (Å²) in [5, 5.41) is 10.2. The highest BCUT2D eigenvalue weighted by Gasteiger charge is 2.55. The Labute approximate surface area is 142 Å². The number of nitrogens with zero attached hydrogens (tertiary/aromatic N) is 4. The van der Waals surface area contributed by atoms with Gasteiger partial charge < -0.3 is 14.4 Å². The Balaban J connectivity index is 1.65. The van der Waals surface area contributed by atoms with Crippen LogP contribution in [0.3, 0.4) is 0 Å². The van der Waals surface area contributed by atoms with E-state index in [1.54, 1.807) is 6.33 Å². The molecule has 1 N–H and O–H groups in total. The normalized spacial score (nSPS) is 27.1. The zero-order valence-corrected chi connectivity index (χ0v) is 13.3. The van der Waals surface area contributed by atoms with Crippen LogP contribution in [0, 0.1) is 0 Å². The van der Waals surface area contributed by atoms with Gasteiger partial charge in [0.1, 0.15) is 23.0 Å². The van der Waals surface area contributed by atoms with Gasteiger partial charge in [0.15, 0.2) is 10.8 Å². The molecule has 2 aromatic heterocycles. The molecule has 2 bridgehead atoms. The summed E-state index contributed by atoms with van der Waals surface area (Å²) in [7, 11) is 0. The summed E-state index contributed by atoms with van der Waals surface area (Å²) in [5.74, 6) is 0. The molecule has 1 aromatic carbocycles. The Morgan fingerprint density at radius 1 is 1.08 bits per heavy atom. The average Bonchev–Trinajstić information content (AvgIpc) is 3.27. The zero-order chi connectivity index (χ0) is 16.4. The van der Waals surface area contributed by atoms with Gasteiger partial charge in [-0.25, -0.2) is 15.0 Å². The molecule has 0 saturated carbocycles. The van der Waals surface area contributed by atoms with Gasteiger partial charge in [-0.3, -0.25) is 0 Å². The molecule has 0 aliphatic carbocycles. The van der Waals surface area contributed by atoms with Gasteiger partial charge >= 0.3 is 0 Å². The zero-order valence-electron chi connectivity index (χ0n) is 12.6. The average molecular weight is 341 g/mol. The van der Waals surface area contributed by atoms with E-state index < -0.39 is 11.2 Å². The lowest BCUT2D eigenvalue weighted by atomic mass is 9.82. The van der Waals surface area contributed by atoms with Crippen molar-refractivity contribution in [1.29, 1.82) is 0 Å². The van der Waals surface area contributed by atoms with Crippen LogP contribution >= 0.6 is 11.6 Å². The highest BCUT2D eigenvalue weighted by Crippen LogP contribution is 2.54.